The van der Waals surface area contributed by atoms with Crippen molar-refractivity contribution in [3.05, 3.63) is 53.1 Å². The monoisotopic (exact) mass is 425 g/mol. The first-order chi connectivity index (χ1) is 15.1. The minimum atomic E-state index is -0.155. The summed E-state index contributed by atoms with van der Waals surface area (Å²) >= 11 is 0. The standard InChI is InChI=1S/C26H35NO4/c1-6-8-9-18(7-2)26(28)27-15-14-20-16-23(30-4)24(31-5)17-22(20)25(27)19-10-12-21(29-3)13-11-19/h10-13,16-18,25H,6-9,14-15H2,1-5H3. The van der Waals surface area contributed by atoms with Gasteiger partial charge in [0.1, 0.15) is 5.75 Å². The van der Waals surface area contributed by atoms with Crippen molar-refractivity contribution in [3.63, 3.8) is 0 Å². The highest BCUT2D eigenvalue weighted by Crippen LogP contribution is 2.42. The van der Waals surface area contributed by atoms with Gasteiger partial charge in [0.05, 0.1) is 27.4 Å². The van der Waals surface area contributed by atoms with Gasteiger partial charge in [-0.1, -0.05) is 38.8 Å². The van der Waals surface area contributed by atoms with Crippen molar-refractivity contribution in [1.82, 2.24) is 4.90 Å². The molecule has 0 radical (unpaired) electrons. The van der Waals surface area contributed by atoms with Gasteiger partial charge in [0.25, 0.3) is 0 Å². The molecule has 0 aliphatic carbocycles. The summed E-state index contributed by atoms with van der Waals surface area (Å²) in [5.74, 6) is 2.52. The van der Waals surface area contributed by atoms with Gasteiger partial charge in [0, 0.05) is 12.5 Å². The number of hydrogen-bond acceptors (Lipinski definition) is 4. The summed E-state index contributed by atoms with van der Waals surface area (Å²) in [4.78, 5) is 15.7. The van der Waals surface area contributed by atoms with E-state index in [4.69, 9.17) is 14.2 Å². The molecular weight excluding hydrogens is 390 g/mol. The molecule has 3 rings (SSSR count). The Kier molecular flexibility index (Phi) is 7.83. The SMILES string of the molecule is CCCCC(CC)C(=O)N1CCc2cc(OC)c(OC)cc2C1c1ccc(OC)cc1. The fourth-order valence-electron chi connectivity index (χ4n) is 4.52. The predicted molar refractivity (Wildman–Crippen MR) is 123 cm³/mol. The third-order valence-corrected chi connectivity index (χ3v) is 6.34. The number of benzene rings is 2. The van der Waals surface area contributed by atoms with Crippen molar-refractivity contribution < 1.29 is 19.0 Å². The summed E-state index contributed by atoms with van der Waals surface area (Å²) in [6, 6.07) is 12.0. The first kappa shape index (κ1) is 23.0. The molecule has 0 N–H and O–H groups in total. The summed E-state index contributed by atoms with van der Waals surface area (Å²) in [5, 5.41) is 0. The summed E-state index contributed by atoms with van der Waals surface area (Å²) in [6.45, 7) is 4.99. The minimum Gasteiger partial charge on any atom is -0.497 e. The number of fused-ring (bicyclic) bond motifs is 1. The van der Waals surface area contributed by atoms with Crippen LogP contribution < -0.4 is 14.2 Å². The fourth-order valence-corrected chi connectivity index (χ4v) is 4.52. The third kappa shape index (κ3) is 4.81. The highest BCUT2D eigenvalue weighted by molar-refractivity contribution is 5.80. The number of carbonyl (C=O) groups excluding carboxylic acids is 1. The number of unbranched alkanes of at least 4 members (excludes halogenated alkanes) is 1. The molecule has 0 saturated carbocycles. The average Bonchev–Trinajstić information content (AvgIpc) is 2.82. The normalized spacial score (nSPS) is 16.4. The van der Waals surface area contributed by atoms with Crippen molar-refractivity contribution in [3.8, 4) is 17.2 Å². The lowest BCUT2D eigenvalue weighted by Crippen LogP contribution is -2.43. The van der Waals surface area contributed by atoms with Crippen LogP contribution in [-0.4, -0.2) is 38.7 Å². The molecule has 5 nitrogen and oxygen atoms in total. The molecule has 2 unspecified atom stereocenters. The number of rotatable bonds is 9. The predicted octanol–water partition coefficient (Wildman–Crippen LogP) is 5.40. The summed E-state index contributed by atoms with van der Waals surface area (Å²) in [7, 11) is 4.97. The molecule has 0 saturated heterocycles. The zero-order valence-corrected chi connectivity index (χ0v) is 19.4. The van der Waals surface area contributed by atoms with E-state index in [0.717, 1.165) is 54.7 Å². The molecule has 1 aliphatic rings. The van der Waals surface area contributed by atoms with E-state index >= 15 is 0 Å². The van der Waals surface area contributed by atoms with E-state index < -0.39 is 0 Å². The van der Waals surface area contributed by atoms with Gasteiger partial charge in [-0.25, -0.2) is 0 Å². The third-order valence-electron chi connectivity index (χ3n) is 6.34. The number of nitrogens with zero attached hydrogens (tertiary/aromatic N) is 1. The highest BCUT2D eigenvalue weighted by atomic mass is 16.5. The number of carbonyl (C=O) groups is 1. The summed E-state index contributed by atoms with van der Waals surface area (Å²) in [5.41, 5.74) is 3.38. The Morgan fingerprint density at radius 1 is 1.03 bits per heavy atom. The molecule has 0 aromatic heterocycles. The number of amides is 1. The molecule has 1 amide bonds. The van der Waals surface area contributed by atoms with Crippen molar-refractivity contribution in [2.24, 2.45) is 5.92 Å². The van der Waals surface area contributed by atoms with Gasteiger partial charge in [-0.2, -0.15) is 0 Å². The fraction of sp³-hybridized carbons (Fsp3) is 0.500. The lowest BCUT2D eigenvalue weighted by atomic mass is 9.86. The van der Waals surface area contributed by atoms with Crippen LogP contribution in [0, 0.1) is 5.92 Å². The van der Waals surface area contributed by atoms with E-state index in [2.05, 4.69) is 36.9 Å². The second kappa shape index (κ2) is 10.6. The van der Waals surface area contributed by atoms with Gasteiger partial charge in [0.2, 0.25) is 5.91 Å². The molecule has 2 aromatic rings. The van der Waals surface area contributed by atoms with Gasteiger partial charge < -0.3 is 19.1 Å². The molecule has 0 fully saturated rings. The van der Waals surface area contributed by atoms with Crippen LogP contribution in [0.4, 0.5) is 0 Å². The van der Waals surface area contributed by atoms with E-state index in [-0.39, 0.29) is 17.9 Å². The summed E-state index contributed by atoms with van der Waals surface area (Å²) in [6.07, 6.45) is 4.79. The van der Waals surface area contributed by atoms with Gasteiger partial charge >= 0.3 is 0 Å². The van der Waals surface area contributed by atoms with Gasteiger partial charge in [-0.15, -0.1) is 0 Å². The summed E-state index contributed by atoms with van der Waals surface area (Å²) < 4.78 is 16.5. The van der Waals surface area contributed by atoms with Crippen LogP contribution in [-0.2, 0) is 11.2 Å². The first-order valence-electron chi connectivity index (χ1n) is 11.3. The highest BCUT2D eigenvalue weighted by Gasteiger charge is 2.35. The molecule has 1 aliphatic heterocycles. The molecular formula is C26H35NO4. The molecule has 0 spiro atoms. The van der Waals surface area contributed by atoms with Gasteiger partial charge in [-0.3, -0.25) is 4.79 Å². The van der Waals surface area contributed by atoms with E-state index in [9.17, 15) is 4.79 Å². The van der Waals surface area contributed by atoms with Crippen molar-refractivity contribution in [2.75, 3.05) is 27.9 Å². The lowest BCUT2D eigenvalue weighted by molar-refractivity contribution is -0.138. The van der Waals surface area contributed by atoms with Gasteiger partial charge in [0.15, 0.2) is 11.5 Å². The molecule has 1 heterocycles. The molecule has 168 valence electrons. The second-order valence-corrected chi connectivity index (χ2v) is 8.11. The minimum absolute atomic E-state index is 0.0578. The van der Waals surface area contributed by atoms with Crippen LogP contribution in [0.25, 0.3) is 0 Å². The lowest BCUT2D eigenvalue weighted by Gasteiger charge is -2.40. The van der Waals surface area contributed by atoms with Crippen LogP contribution in [0.1, 0.15) is 62.3 Å². The maximum Gasteiger partial charge on any atom is 0.226 e. The molecule has 2 aromatic carbocycles. The van der Waals surface area contributed by atoms with Crippen molar-refractivity contribution in [2.45, 2.75) is 52.0 Å². The molecule has 0 bridgehead atoms. The first-order valence-corrected chi connectivity index (χ1v) is 11.3. The smallest absolute Gasteiger partial charge is 0.226 e. The van der Waals surface area contributed by atoms with Crippen LogP contribution in [0.5, 0.6) is 17.2 Å². The van der Waals surface area contributed by atoms with E-state index in [1.165, 1.54) is 5.56 Å². The van der Waals surface area contributed by atoms with Crippen LogP contribution >= 0.6 is 0 Å². The zero-order chi connectivity index (χ0) is 22.4. The number of methoxy groups -OCH3 is 3. The second-order valence-electron chi connectivity index (χ2n) is 8.11. The Hall–Kier alpha value is -2.69. The van der Waals surface area contributed by atoms with Crippen LogP contribution in [0.2, 0.25) is 0 Å². The molecule has 31 heavy (non-hydrogen) atoms. The van der Waals surface area contributed by atoms with Crippen molar-refractivity contribution in [1.29, 1.82) is 0 Å². The number of ether oxygens (including phenoxy) is 3. The largest absolute Gasteiger partial charge is 0.497 e. The Morgan fingerprint density at radius 2 is 1.71 bits per heavy atom. The molecule has 5 heteroatoms. The maximum atomic E-state index is 13.7. The van der Waals surface area contributed by atoms with Crippen molar-refractivity contribution >= 4 is 5.91 Å². The Labute approximate surface area is 186 Å². The van der Waals surface area contributed by atoms with E-state index in [1.807, 2.05) is 18.2 Å². The molecule has 2 atom stereocenters. The Bertz CT molecular complexity index is 878. The topological polar surface area (TPSA) is 48.0 Å². The van der Waals surface area contributed by atoms with E-state index in [0.29, 0.717) is 12.3 Å². The zero-order valence-electron chi connectivity index (χ0n) is 19.4. The van der Waals surface area contributed by atoms with Gasteiger partial charge in [-0.05, 0) is 60.2 Å². The Balaban J connectivity index is 2.08. The van der Waals surface area contributed by atoms with E-state index in [1.54, 1.807) is 21.3 Å². The van der Waals surface area contributed by atoms with Crippen LogP contribution in [0.3, 0.4) is 0 Å². The van der Waals surface area contributed by atoms with Crippen LogP contribution in [0.15, 0.2) is 36.4 Å². The maximum absolute atomic E-state index is 13.7. The number of hydrogen-bond donors (Lipinski definition) is 0. The average molecular weight is 426 g/mol. The Morgan fingerprint density at radius 3 is 2.29 bits per heavy atom. The quantitative estimate of drug-likeness (QED) is 0.539.